The molecule has 0 unspecified atom stereocenters. The van der Waals surface area contributed by atoms with Gasteiger partial charge in [-0.05, 0) is 70.2 Å². The third kappa shape index (κ3) is 9.77. The normalized spacial score (nSPS) is 17.1. The first kappa shape index (κ1) is 39.4. The lowest BCUT2D eigenvalue weighted by Gasteiger charge is -2.31. The Morgan fingerprint density at radius 3 is 2.28 bits per heavy atom. The van der Waals surface area contributed by atoms with E-state index in [2.05, 4.69) is 20.9 Å². The van der Waals surface area contributed by atoms with E-state index >= 15 is 0 Å². The number of azide groups is 1. The summed E-state index contributed by atoms with van der Waals surface area (Å²) in [5.74, 6) is -0.258. The summed E-state index contributed by atoms with van der Waals surface area (Å²) in [7, 11) is 0. The number of aliphatic hydroxyl groups excluding tert-OH is 1. The average Bonchev–Trinajstić information content (AvgIpc) is 3.54. The lowest BCUT2D eigenvalue weighted by molar-refractivity contribution is -0.143. The van der Waals surface area contributed by atoms with Gasteiger partial charge in [0.05, 0.1) is 24.3 Å². The molecule has 1 aliphatic rings. The molecule has 3 N–H and O–H groups in total. The summed E-state index contributed by atoms with van der Waals surface area (Å²) in [4.78, 5) is 22.2. The van der Waals surface area contributed by atoms with Crippen LogP contribution in [0.3, 0.4) is 0 Å². The van der Waals surface area contributed by atoms with E-state index in [1.54, 1.807) is 60.7 Å². The fraction of sp³-hybridized carbons (Fsp3) is 0.263. The number of halogens is 6. The van der Waals surface area contributed by atoms with Crippen molar-refractivity contribution in [3.8, 4) is 5.75 Å². The maximum Gasteiger partial charge on any atom is 0.416 e. The highest BCUT2D eigenvalue weighted by Gasteiger charge is 2.53. The monoisotopic (exact) mass is 752 g/mol. The number of hydrazine groups is 1. The Hall–Kier alpha value is -5.83. The van der Waals surface area contributed by atoms with Crippen molar-refractivity contribution in [2.45, 2.75) is 49.9 Å². The Morgan fingerprint density at radius 1 is 0.963 bits per heavy atom. The van der Waals surface area contributed by atoms with Gasteiger partial charge in [-0.25, -0.2) is 10.4 Å². The van der Waals surface area contributed by atoms with Gasteiger partial charge in [-0.3, -0.25) is 10.2 Å². The number of benzene rings is 4. The molecule has 4 aromatic carbocycles. The fourth-order valence-corrected chi connectivity index (χ4v) is 5.73. The minimum absolute atomic E-state index is 0.0223. The average molecular weight is 753 g/mol. The molecule has 0 radical (unpaired) electrons. The topological polar surface area (TPSA) is 141 Å². The zero-order valence-corrected chi connectivity index (χ0v) is 28.4. The molecule has 1 aliphatic heterocycles. The highest BCUT2D eigenvalue weighted by molar-refractivity contribution is 6.01. The van der Waals surface area contributed by atoms with Gasteiger partial charge in [0.1, 0.15) is 5.75 Å². The molecule has 0 fully saturated rings. The second-order valence-corrected chi connectivity index (χ2v) is 12.1. The first-order valence-electron chi connectivity index (χ1n) is 16.6. The van der Waals surface area contributed by atoms with Gasteiger partial charge < -0.3 is 14.6 Å². The van der Waals surface area contributed by atoms with Gasteiger partial charge in [-0.15, -0.1) is 0 Å². The molecule has 0 aliphatic carbocycles. The van der Waals surface area contributed by atoms with Crippen LogP contribution in [0.25, 0.3) is 16.5 Å². The van der Waals surface area contributed by atoms with E-state index in [0.717, 1.165) is 5.56 Å². The number of aliphatic imine (C=N–C) groups is 1. The number of nitrogens with one attached hydrogen (secondary N) is 2. The molecule has 16 heteroatoms. The highest BCUT2D eigenvalue weighted by Crippen LogP contribution is 2.44. The molecule has 2 atom stereocenters. The first-order valence-corrected chi connectivity index (χ1v) is 16.6. The number of rotatable bonds is 15. The van der Waals surface area contributed by atoms with E-state index in [0.29, 0.717) is 41.0 Å². The van der Waals surface area contributed by atoms with E-state index in [1.165, 1.54) is 0 Å². The Kier molecular flexibility index (Phi) is 12.6. The van der Waals surface area contributed by atoms with E-state index in [4.69, 9.17) is 25.1 Å². The van der Waals surface area contributed by atoms with Gasteiger partial charge >= 0.3 is 12.4 Å². The molecular formula is C38H34F6N6O4. The molecular weight excluding hydrogens is 718 g/mol. The largest absolute Gasteiger partial charge is 0.494 e. The fourth-order valence-electron chi connectivity index (χ4n) is 5.73. The van der Waals surface area contributed by atoms with Crippen molar-refractivity contribution in [1.29, 1.82) is 0 Å². The summed E-state index contributed by atoms with van der Waals surface area (Å²) in [6.07, 6.45) is -7.48. The van der Waals surface area contributed by atoms with E-state index in [-0.39, 0.29) is 43.7 Å². The second kappa shape index (κ2) is 17.3. The molecule has 1 heterocycles. The Labute approximate surface area is 305 Å². The van der Waals surface area contributed by atoms with Crippen LogP contribution in [0.1, 0.15) is 57.9 Å². The summed E-state index contributed by atoms with van der Waals surface area (Å²) in [6, 6.07) is 23.7. The van der Waals surface area contributed by atoms with Gasteiger partial charge in [-0.1, -0.05) is 71.9 Å². The molecule has 0 bridgehead atoms. The predicted octanol–water partition coefficient (Wildman–Crippen LogP) is 8.48. The summed E-state index contributed by atoms with van der Waals surface area (Å²) < 4.78 is 93.3. The molecule has 4 aromatic rings. The molecule has 0 saturated carbocycles. The summed E-state index contributed by atoms with van der Waals surface area (Å²) in [5, 5.41) is 12.8. The maximum absolute atomic E-state index is 14.5. The van der Waals surface area contributed by atoms with Crippen LogP contribution in [0, 0.1) is 0 Å². The van der Waals surface area contributed by atoms with E-state index in [1.807, 2.05) is 30.3 Å². The van der Waals surface area contributed by atoms with Crippen LogP contribution in [0.5, 0.6) is 5.75 Å². The zero-order valence-electron chi connectivity index (χ0n) is 28.4. The molecule has 0 spiro atoms. The molecule has 10 nitrogen and oxygen atoms in total. The predicted molar refractivity (Wildman–Crippen MR) is 188 cm³/mol. The highest BCUT2D eigenvalue weighted by atomic mass is 19.4. The number of carbonyl (C=O) groups excluding carboxylic acids is 1. The van der Waals surface area contributed by atoms with Gasteiger partial charge in [0.25, 0.3) is 5.91 Å². The Bertz CT molecular complexity index is 1980. The summed E-state index contributed by atoms with van der Waals surface area (Å²) in [5.41, 5.74) is 11.0. The second-order valence-electron chi connectivity index (χ2n) is 12.1. The van der Waals surface area contributed by atoms with Gasteiger partial charge in [0.2, 0.25) is 5.90 Å². The van der Waals surface area contributed by atoms with Crippen LogP contribution in [0.15, 0.2) is 113 Å². The van der Waals surface area contributed by atoms with Gasteiger partial charge in [0, 0.05) is 36.5 Å². The lowest BCUT2D eigenvalue weighted by atomic mass is 9.82. The number of alkyl halides is 6. The molecule has 282 valence electrons. The van der Waals surface area contributed by atoms with Crippen molar-refractivity contribution < 1.29 is 45.7 Å². The summed E-state index contributed by atoms with van der Waals surface area (Å²) in [6.45, 7) is -0.479. The van der Waals surface area contributed by atoms with E-state index < -0.39 is 47.6 Å². The van der Waals surface area contributed by atoms with Crippen LogP contribution in [0.2, 0.25) is 0 Å². The Balaban J connectivity index is 1.55. The minimum atomic E-state index is -5.05. The molecule has 0 saturated heterocycles. The quantitative estimate of drug-likeness (QED) is 0.0279. The molecule has 1 amide bonds. The van der Waals surface area contributed by atoms with Crippen LogP contribution < -0.4 is 15.6 Å². The third-order valence-corrected chi connectivity index (χ3v) is 8.35. The van der Waals surface area contributed by atoms with Crippen molar-refractivity contribution in [2.24, 2.45) is 10.1 Å². The van der Waals surface area contributed by atoms with Crippen LogP contribution in [-0.4, -0.2) is 35.7 Å². The first-order chi connectivity index (χ1) is 25.8. The number of ether oxygens (including phenoxy) is 2. The zero-order chi connectivity index (χ0) is 38.8. The number of hydrogen-bond donors (Lipinski definition) is 3. The van der Waals surface area contributed by atoms with Crippen molar-refractivity contribution in [2.75, 3.05) is 13.2 Å². The van der Waals surface area contributed by atoms with Crippen molar-refractivity contribution in [3.63, 3.8) is 0 Å². The SMILES string of the molecule is [N-]=[N+]=NCc1ccccc1[C@@H]1OC(c2ccc(OCCCO)cc2)=N[C@]1(C/C=C/c1ccccc1)C(=O)NNCc1cc(C(F)(F)F)cc(C(F)(F)F)c1. The molecule has 0 aromatic heterocycles. The number of hydrogen-bond acceptors (Lipinski definition) is 7. The van der Waals surface area contributed by atoms with Crippen molar-refractivity contribution >= 4 is 17.9 Å². The smallest absolute Gasteiger partial charge is 0.416 e. The molecule has 54 heavy (non-hydrogen) atoms. The maximum atomic E-state index is 14.5. The van der Waals surface area contributed by atoms with Crippen LogP contribution >= 0.6 is 0 Å². The van der Waals surface area contributed by atoms with Crippen LogP contribution in [-0.2, 0) is 35.0 Å². The minimum Gasteiger partial charge on any atom is -0.494 e. The van der Waals surface area contributed by atoms with Gasteiger partial charge in [0.15, 0.2) is 11.6 Å². The summed E-state index contributed by atoms with van der Waals surface area (Å²) >= 11 is 0. The lowest BCUT2D eigenvalue weighted by Crippen LogP contribution is -2.52. The van der Waals surface area contributed by atoms with Crippen molar-refractivity contribution in [3.05, 3.63) is 153 Å². The standard InChI is InChI=1S/C38H34F6N6O4/c39-37(40,41)29-20-26(21-30(22-29)38(42,43)44)23-46-49-35(52)36(17-6-10-25-8-2-1-3-9-25)33(32-12-5-4-11-28(32)24-47-50-45)54-34(48-36)27-13-15-31(16-14-27)53-19-7-18-51/h1-6,8-16,20-22,33,46,51H,7,17-19,23-24H2,(H,49,52)/b10-6+/t33-,36-/m0/s1. The number of carbonyl (C=O) groups is 1. The van der Waals surface area contributed by atoms with Crippen molar-refractivity contribution in [1.82, 2.24) is 10.9 Å². The number of nitrogens with zero attached hydrogens (tertiary/aromatic N) is 4. The molecule has 5 rings (SSSR count). The third-order valence-electron chi connectivity index (χ3n) is 8.35. The van der Waals surface area contributed by atoms with Crippen LogP contribution in [0.4, 0.5) is 26.3 Å². The Morgan fingerprint density at radius 2 is 1.63 bits per heavy atom. The van der Waals surface area contributed by atoms with E-state index in [9.17, 15) is 31.1 Å². The van der Waals surface area contributed by atoms with Gasteiger partial charge in [-0.2, -0.15) is 26.3 Å². The number of amides is 1. The number of aliphatic hydroxyl groups is 1.